The van der Waals surface area contributed by atoms with Crippen molar-refractivity contribution in [2.24, 2.45) is 5.92 Å². The van der Waals surface area contributed by atoms with E-state index in [0.717, 1.165) is 12.5 Å². The summed E-state index contributed by atoms with van der Waals surface area (Å²) in [5.74, 6) is 0.517. The highest BCUT2D eigenvalue weighted by Crippen LogP contribution is 2.18. The molecule has 0 saturated heterocycles. The third-order valence-electron chi connectivity index (χ3n) is 2.40. The fourth-order valence-electron chi connectivity index (χ4n) is 1.65. The maximum Gasteiger partial charge on any atom is 0.501 e. The van der Waals surface area contributed by atoms with Gasteiger partial charge >= 0.3 is 8.80 Å². The van der Waals surface area contributed by atoms with Crippen molar-refractivity contribution in [1.82, 2.24) is 0 Å². The van der Waals surface area contributed by atoms with Crippen molar-refractivity contribution >= 4 is 8.80 Å². The van der Waals surface area contributed by atoms with Gasteiger partial charge in [0.25, 0.3) is 0 Å². The van der Waals surface area contributed by atoms with Gasteiger partial charge in [-0.3, -0.25) is 0 Å². The van der Waals surface area contributed by atoms with Gasteiger partial charge < -0.3 is 18.0 Å². The summed E-state index contributed by atoms with van der Waals surface area (Å²) in [6.07, 6.45) is 4.70. The Bertz CT molecular complexity index is 214. The Morgan fingerprint density at radius 2 is 1.47 bits per heavy atom. The number of hydrogen-bond donors (Lipinski definition) is 0. The Labute approximate surface area is 119 Å². The second-order valence-corrected chi connectivity index (χ2v) is 7.26. The smallest absolute Gasteiger partial charge is 0.501 e. The number of allylic oxidation sites excluding steroid dienone is 1. The van der Waals surface area contributed by atoms with Crippen LogP contribution in [0.1, 0.15) is 41.0 Å². The van der Waals surface area contributed by atoms with Gasteiger partial charge in [-0.1, -0.05) is 13.8 Å². The first kappa shape index (κ1) is 18.6. The summed E-state index contributed by atoms with van der Waals surface area (Å²) in [7, 11) is -2.48. The van der Waals surface area contributed by atoms with Crippen molar-refractivity contribution in [2.75, 3.05) is 26.4 Å². The van der Waals surface area contributed by atoms with Gasteiger partial charge in [0.15, 0.2) is 0 Å². The molecular formula is C14H30O4Si. The van der Waals surface area contributed by atoms with Crippen LogP contribution in [-0.4, -0.2) is 35.2 Å². The zero-order chi connectivity index (χ0) is 14.6. The van der Waals surface area contributed by atoms with Crippen molar-refractivity contribution < 1.29 is 18.0 Å². The van der Waals surface area contributed by atoms with Crippen LogP contribution in [0.4, 0.5) is 0 Å². The van der Waals surface area contributed by atoms with E-state index in [1.54, 1.807) is 6.26 Å². The van der Waals surface area contributed by atoms with E-state index in [9.17, 15) is 0 Å². The second-order valence-electron chi connectivity index (χ2n) is 4.53. The molecule has 0 fully saturated rings. The second kappa shape index (κ2) is 11.5. The minimum Gasteiger partial charge on any atom is -0.502 e. The van der Waals surface area contributed by atoms with E-state index >= 15 is 0 Å². The third kappa shape index (κ3) is 9.21. The quantitative estimate of drug-likeness (QED) is 0.312. The van der Waals surface area contributed by atoms with E-state index in [4.69, 9.17) is 18.0 Å². The normalized spacial score (nSPS) is 12.5. The van der Waals surface area contributed by atoms with Gasteiger partial charge in [-0.15, -0.1) is 0 Å². The summed E-state index contributed by atoms with van der Waals surface area (Å²) < 4.78 is 22.8. The largest absolute Gasteiger partial charge is 0.502 e. The van der Waals surface area contributed by atoms with Crippen LogP contribution in [0.5, 0.6) is 0 Å². The summed E-state index contributed by atoms with van der Waals surface area (Å²) in [5, 5.41) is 0. The van der Waals surface area contributed by atoms with Gasteiger partial charge in [0.2, 0.25) is 0 Å². The van der Waals surface area contributed by atoms with Crippen molar-refractivity contribution in [3.63, 3.8) is 0 Å². The standard InChI is InChI=1S/C14H30O4Si/c1-6-16-19(17-7-2,18-8-3)13-9-11-15-12-10-14(4)5/h10,12,14H,6-9,11,13H2,1-5H3. The summed E-state index contributed by atoms with van der Waals surface area (Å²) in [4.78, 5) is 0. The van der Waals surface area contributed by atoms with Crippen molar-refractivity contribution in [3.8, 4) is 0 Å². The predicted molar refractivity (Wildman–Crippen MR) is 80.0 cm³/mol. The molecule has 0 heterocycles. The lowest BCUT2D eigenvalue weighted by Gasteiger charge is -2.28. The molecule has 0 spiro atoms. The molecule has 0 bridgehead atoms. The fourth-order valence-corrected chi connectivity index (χ4v) is 4.23. The molecular weight excluding hydrogens is 260 g/mol. The number of hydrogen-bond acceptors (Lipinski definition) is 4. The molecule has 0 amide bonds. The lowest BCUT2D eigenvalue weighted by atomic mass is 10.2. The van der Waals surface area contributed by atoms with E-state index in [-0.39, 0.29) is 0 Å². The van der Waals surface area contributed by atoms with E-state index in [1.165, 1.54) is 0 Å². The first-order chi connectivity index (χ1) is 9.10. The average Bonchev–Trinajstić information content (AvgIpc) is 2.34. The van der Waals surface area contributed by atoms with Crippen LogP contribution in [0.25, 0.3) is 0 Å². The monoisotopic (exact) mass is 290 g/mol. The molecule has 0 atom stereocenters. The van der Waals surface area contributed by atoms with Gasteiger partial charge in [0.1, 0.15) is 0 Å². The average molecular weight is 290 g/mol. The molecule has 0 aromatic heterocycles. The maximum absolute atomic E-state index is 5.78. The number of rotatable bonds is 12. The topological polar surface area (TPSA) is 36.9 Å². The molecule has 19 heavy (non-hydrogen) atoms. The minimum atomic E-state index is -2.48. The Balaban J connectivity index is 4.09. The molecule has 114 valence electrons. The highest BCUT2D eigenvalue weighted by atomic mass is 28.4. The fraction of sp³-hybridized carbons (Fsp3) is 0.857. The minimum absolute atomic E-state index is 0.517. The van der Waals surface area contributed by atoms with E-state index in [0.29, 0.717) is 32.3 Å². The molecule has 0 radical (unpaired) electrons. The molecule has 0 rings (SSSR count). The summed E-state index contributed by atoms with van der Waals surface area (Å²) in [6, 6.07) is 0.804. The lowest BCUT2D eigenvalue weighted by Crippen LogP contribution is -2.46. The molecule has 0 saturated carbocycles. The molecule has 0 aliphatic carbocycles. The Hall–Kier alpha value is -0.363. The van der Waals surface area contributed by atoms with Crippen LogP contribution in [0, 0.1) is 5.92 Å². The van der Waals surface area contributed by atoms with Crippen molar-refractivity contribution in [3.05, 3.63) is 12.3 Å². The summed E-state index contributed by atoms with van der Waals surface area (Å²) in [6.45, 7) is 12.7. The Morgan fingerprint density at radius 3 is 1.89 bits per heavy atom. The van der Waals surface area contributed by atoms with Gasteiger partial charge in [-0.05, 0) is 39.2 Å². The lowest BCUT2D eigenvalue weighted by molar-refractivity contribution is 0.0690. The molecule has 0 aromatic carbocycles. The van der Waals surface area contributed by atoms with Crippen LogP contribution < -0.4 is 0 Å². The summed E-state index contributed by atoms with van der Waals surface area (Å²) in [5.41, 5.74) is 0. The molecule has 0 aliphatic heterocycles. The zero-order valence-corrected chi connectivity index (χ0v) is 14.1. The van der Waals surface area contributed by atoms with Gasteiger partial charge in [-0.25, -0.2) is 0 Å². The first-order valence-corrected chi connectivity index (χ1v) is 9.23. The maximum atomic E-state index is 5.78. The third-order valence-corrected chi connectivity index (χ3v) is 5.55. The molecule has 0 N–H and O–H groups in total. The van der Waals surface area contributed by atoms with Gasteiger partial charge in [-0.2, -0.15) is 0 Å². The van der Waals surface area contributed by atoms with Crippen LogP contribution in [0.3, 0.4) is 0 Å². The molecule has 0 aliphatic rings. The van der Waals surface area contributed by atoms with Crippen LogP contribution in [0.15, 0.2) is 12.3 Å². The summed E-state index contributed by atoms with van der Waals surface area (Å²) >= 11 is 0. The highest BCUT2D eigenvalue weighted by molar-refractivity contribution is 6.60. The molecule has 0 aromatic rings. The van der Waals surface area contributed by atoms with Crippen LogP contribution in [-0.2, 0) is 18.0 Å². The van der Waals surface area contributed by atoms with E-state index in [2.05, 4.69) is 13.8 Å². The van der Waals surface area contributed by atoms with Crippen molar-refractivity contribution in [1.29, 1.82) is 0 Å². The van der Waals surface area contributed by atoms with E-state index < -0.39 is 8.80 Å². The number of ether oxygens (including phenoxy) is 1. The SMILES string of the molecule is CCO[Si](CCCOC=CC(C)C)(OCC)OCC. The van der Waals surface area contributed by atoms with Crippen LogP contribution in [0.2, 0.25) is 6.04 Å². The van der Waals surface area contributed by atoms with Gasteiger partial charge in [0, 0.05) is 25.9 Å². The zero-order valence-electron chi connectivity index (χ0n) is 13.1. The first-order valence-electron chi connectivity index (χ1n) is 7.30. The van der Waals surface area contributed by atoms with Crippen LogP contribution >= 0.6 is 0 Å². The highest BCUT2D eigenvalue weighted by Gasteiger charge is 2.39. The molecule has 4 nitrogen and oxygen atoms in total. The molecule has 0 unspecified atom stereocenters. The Morgan fingerprint density at radius 1 is 0.947 bits per heavy atom. The van der Waals surface area contributed by atoms with Gasteiger partial charge in [0.05, 0.1) is 12.9 Å². The van der Waals surface area contributed by atoms with E-state index in [1.807, 2.05) is 26.8 Å². The molecule has 5 heteroatoms. The Kier molecular flexibility index (Phi) is 11.2. The predicted octanol–water partition coefficient (Wildman–Crippen LogP) is 3.61. The van der Waals surface area contributed by atoms with Crippen molar-refractivity contribution in [2.45, 2.75) is 47.1 Å².